The van der Waals surface area contributed by atoms with E-state index in [9.17, 15) is 4.79 Å². The molecule has 0 unspecified atom stereocenters. The highest BCUT2D eigenvalue weighted by atomic mass is 35.5. The van der Waals surface area contributed by atoms with E-state index in [1.807, 2.05) is 42.5 Å². The smallest absolute Gasteiger partial charge is 0.248 e. The first-order valence-corrected chi connectivity index (χ1v) is 7.31. The van der Waals surface area contributed by atoms with Crippen LogP contribution in [0.3, 0.4) is 0 Å². The quantitative estimate of drug-likeness (QED) is 0.717. The molecule has 0 atom stereocenters. The highest BCUT2D eigenvalue weighted by Gasteiger charge is 2.05. The Hall–Kier alpha value is -2.92. The summed E-state index contributed by atoms with van der Waals surface area (Å²) in [5, 5.41) is 10.3. The number of H-pyrrole nitrogens is 1. The van der Waals surface area contributed by atoms with Crippen LogP contribution in [0.5, 0.6) is 0 Å². The molecule has 23 heavy (non-hydrogen) atoms. The number of aromatic nitrogens is 3. The van der Waals surface area contributed by atoms with Gasteiger partial charge in [0.15, 0.2) is 5.82 Å². The van der Waals surface area contributed by atoms with Crippen molar-refractivity contribution in [3.63, 3.8) is 0 Å². The standard InChI is InChI=1S/C17H13ClN4O/c18-13-6-4-5-12(11-13)17-20-15(21-22-17)9-10-16(23)19-14-7-2-1-3-8-14/h1-11H,(H,19,23)(H,20,21,22)/b10-9-. The minimum Gasteiger partial charge on any atom is -0.323 e. The van der Waals surface area contributed by atoms with Crippen LogP contribution in [0.25, 0.3) is 17.5 Å². The lowest BCUT2D eigenvalue weighted by molar-refractivity contribution is -0.111. The summed E-state index contributed by atoms with van der Waals surface area (Å²) >= 11 is 5.95. The summed E-state index contributed by atoms with van der Waals surface area (Å²) in [6, 6.07) is 16.5. The van der Waals surface area contributed by atoms with Gasteiger partial charge in [0.25, 0.3) is 0 Å². The lowest BCUT2D eigenvalue weighted by atomic mass is 10.2. The number of hydrogen-bond donors (Lipinski definition) is 2. The largest absolute Gasteiger partial charge is 0.323 e. The van der Waals surface area contributed by atoms with E-state index in [0.29, 0.717) is 16.7 Å². The molecule has 3 aromatic rings. The van der Waals surface area contributed by atoms with E-state index in [1.165, 1.54) is 6.08 Å². The van der Waals surface area contributed by atoms with E-state index < -0.39 is 0 Å². The Bertz CT molecular complexity index is 843. The number of carbonyl (C=O) groups is 1. The van der Waals surface area contributed by atoms with Crippen molar-refractivity contribution in [3.8, 4) is 11.4 Å². The molecule has 3 rings (SSSR count). The maximum Gasteiger partial charge on any atom is 0.248 e. The number of carbonyl (C=O) groups excluding carboxylic acids is 1. The monoisotopic (exact) mass is 324 g/mol. The highest BCUT2D eigenvalue weighted by molar-refractivity contribution is 6.30. The van der Waals surface area contributed by atoms with Crippen LogP contribution in [-0.4, -0.2) is 21.1 Å². The van der Waals surface area contributed by atoms with Gasteiger partial charge < -0.3 is 5.32 Å². The molecule has 0 aliphatic heterocycles. The number of amides is 1. The van der Waals surface area contributed by atoms with Crippen molar-refractivity contribution in [2.75, 3.05) is 5.32 Å². The van der Waals surface area contributed by atoms with Crippen LogP contribution in [0.4, 0.5) is 5.69 Å². The number of anilines is 1. The maximum atomic E-state index is 11.8. The van der Waals surface area contributed by atoms with Crippen LogP contribution >= 0.6 is 11.6 Å². The molecule has 2 aromatic carbocycles. The van der Waals surface area contributed by atoms with Crippen LogP contribution in [-0.2, 0) is 4.79 Å². The predicted octanol–water partition coefficient (Wildman–Crippen LogP) is 3.78. The summed E-state index contributed by atoms with van der Waals surface area (Å²) in [6.45, 7) is 0. The first-order chi connectivity index (χ1) is 11.2. The molecule has 1 aromatic heterocycles. The number of halogens is 1. The van der Waals surface area contributed by atoms with Crippen molar-refractivity contribution in [2.45, 2.75) is 0 Å². The molecule has 0 saturated heterocycles. The summed E-state index contributed by atoms with van der Waals surface area (Å²) in [5.41, 5.74) is 1.54. The van der Waals surface area contributed by atoms with Gasteiger partial charge in [-0.1, -0.05) is 41.9 Å². The molecule has 2 N–H and O–H groups in total. The number of para-hydroxylation sites is 1. The Balaban J connectivity index is 1.68. The van der Waals surface area contributed by atoms with Gasteiger partial charge in [0.05, 0.1) is 0 Å². The fraction of sp³-hybridized carbons (Fsp3) is 0. The first-order valence-electron chi connectivity index (χ1n) is 6.93. The Kier molecular flexibility index (Phi) is 4.49. The number of nitrogens with zero attached hydrogens (tertiary/aromatic N) is 2. The molecular weight excluding hydrogens is 312 g/mol. The van der Waals surface area contributed by atoms with Crippen molar-refractivity contribution >= 4 is 29.3 Å². The number of hydrogen-bond acceptors (Lipinski definition) is 3. The summed E-state index contributed by atoms with van der Waals surface area (Å²) in [4.78, 5) is 16.1. The zero-order valence-corrected chi connectivity index (χ0v) is 12.8. The van der Waals surface area contributed by atoms with Gasteiger partial charge in [-0.2, -0.15) is 5.10 Å². The van der Waals surface area contributed by atoms with E-state index in [2.05, 4.69) is 20.5 Å². The van der Waals surface area contributed by atoms with Crippen molar-refractivity contribution < 1.29 is 4.79 Å². The summed E-state index contributed by atoms with van der Waals surface area (Å²) in [7, 11) is 0. The van der Waals surface area contributed by atoms with E-state index >= 15 is 0 Å². The van der Waals surface area contributed by atoms with Gasteiger partial charge >= 0.3 is 0 Å². The van der Waals surface area contributed by atoms with E-state index in [1.54, 1.807) is 18.2 Å². The second-order valence-corrected chi connectivity index (χ2v) is 5.18. The van der Waals surface area contributed by atoms with Gasteiger partial charge in [0, 0.05) is 22.3 Å². The predicted molar refractivity (Wildman–Crippen MR) is 90.9 cm³/mol. The molecule has 6 heteroatoms. The van der Waals surface area contributed by atoms with Crippen LogP contribution in [0.15, 0.2) is 60.7 Å². The second-order valence-electron chi connectivity index (χ2n) is 4.74. The Morgan fingerprint density at radius 2 is 1.96 bits per heavy atom. The molecule has 0 aliphatic rings. The Labute approximate surface area is 138 Å². The number of benzene rings is 2. The fourth-order valence-corrected chi connectivity index (χ4v) is 2.16. The molecule has 0 spiro atoms. The van der Waals surface area contributed by atoms with Crippen molar-refractivity contribution in [3.05, 3.63) is 71.5 Å². The minimum absolute atomic E-state index is 0.239. The molecule has 114 valence electrons. The van der Waals surface area contributed by atoms with Crippen LogP contribution in [0.1, 0.15) is 5.82 Å². The molecule has 0 saturated carbocycles. The average molecular weight is 325 g/mol. The SMILES string of the molecule is O=C(/C=C\c1nc(-c2cccc(Cl)c2)n[nH]1)Nc1ccccc1. The third-order valence-corrected chi connectivity index (χ3v) is 3.25. The zero-order chi connectivity index (χ0) is 16.1. The van der Waals surface area contributed by atoms with Gasteiger partial charge in [-0.3, -0.25) is 9.89 Å². The molecule has 0 fully saturated rings. The average Bonchev–Trinajstić information content (AvgIpc) is 3.03. The topological polar surface area (TPSA) is 70.7 Å². The van der Waals surface area contributed by atoms with Crippen molar-refractivity contribution in [1.29, 1.82) is 0 Å². The second kappa shape index (κ2) is 6.89. The van der Waals surface area contributed by atoms with Gasteiger partial charge in [-0.25, -0.2) is 4.98 Å². The van der Waals surface area contributed by atoms with Gasteiger partial charge in [-0.15, -0.1) is 0 Å². The summed E-state index contributed by atoms with van der Waals surface area (Å²) in [5.74, 6) is 0.774. The van der Waals surface area contributed by atoms with Gasteiger partial charge in [-0.05, 0) is 30.3 Å². The van der Waals surface area contributed by atoms with Crippen molar-refractivity contribution in [2.24, 2.45) is 0 Å². The Morgan fingerprint density at radius 3 is 2.74 bits per heavy atom. The zero-order valence-electron chi connectivity index (χ0n) is 12.0. The number of nitrogens with one attached hydrogen (secondary N) is 2. The van der Waals surface area contributed by atoms with Crippen LogP contribution < -0.4 is 5.32 Å². The molecule has 1 amide bonds. The minimum atomic E-state index is -0.239. The van der Waals surface area contributed by atoms with Crippen LogP contribution in [0, 0.1) is 0 Å². The first kappa shape index (κ1) is 15.0. The van der Waals surface area contributed by atoms with Gasteiger partial charge in [0.2, 0.25) is 5.91 Å². The summed E-state index contributed by atoms with van der Waals surface area (Å²) in [6.07, 6.45) is 2.97. The van der Waals surface area contributed by atoms with Crippen molar-refractivity contribution in [1.82, 2.24) is 15.2 Å². The molecule has 0 radical (unpaired) electrons. The molecule has 0 bridgehead atoms. The van der Waals surface area contributed by atoms with E-state index in [-0.39, 0.29) is 5.91 Å². The lowest BCUT2D eigenvalue weighted by Gasteiger charge is -1.99. The molecule has 0 aliphatic carbocycles. The lowest BCUT2D eigenvalue weighted by Crippen LogP contribution is -2.07. The third-order valence-electron chi connectivity index (χ3n) is 3.02. The van der Waals surface area contributed by atoms with Gasteiger partial charge in [0.1, 0.15) is 5.82 Å². The molecular formula is C17H13ClN4O. The third kappa shape index (κ3) is 4.05. The molecule has 1 heterocycles. The normalized spacial score (nSPS) is 10.8. The van der Waals surface area contributed by atoms with E-state index in [0.717, 1.165) is 11.3 Å². The number of rotatable bonds is 4. The highest BCUT2D eigenvalue weighted by Crippen LogP contribution is 2.19. The van der Waals surface area contributed by atoms with Crippen LogP contribution in [0.2, 0.25) is 5.02 Å². The van der Waals surface area contributed by atoms with E-state index in [4.69, 9.17) is 11.6 Å². The molecule has 5 nitrogen and oxygen atoms in total. The fourth-order valence-electron chi connectivity index (χ4n) is 1.97. The summed E-state index contributed by atoms with van der Waals surface area (Å²) < 4.78 is 0. The Morgan fingerprint density at radius 1 is 1.13 bits per heavy atom. The number of aromatic amines is 1. The maximum absolute atomic E-state index is 11.8.